The summed E-state index contributed by atoms with van der Waals surface area (Å²) in [5.74, 6) is -0.253. The minimum Gasteiger partial charge on any atom is -0.394 e. The molecule has 2 amide bonds. The molecule has 36 heavy (non-hydrogen) atoms. The van der Waals surface area contributed by atoms with E-state index in [-0.39, 0.29) is 37.2 Å². The third-order valence-corrected chi connectivity index (χ3v) is 6.25. The molecule has 1 aromatic carbocycles. The average Bonchev–Trinajstić information content (AvgIpc) is 3.52. The Kier molecular flexibility index (Phi) is 7.59. The van der Waals surface area contributed by atoms with Crippen molar-refractivity contribution in [2.45, 2.75) is 39.4 Å². The lowest BCUT2D eigenvalue weighted by atomic mass is 10.0. The van der Waals surface area contributed by atoms with Gasteiger partial charge in [-0.3, -0.25) is 24.0 Å². The molecule has 1 aliphatic rings. The molecule has 2 N–H and O–H groups in total. The Hall–Kier alpha value is -3.85. The fraction of sp³-hybridized carbons (Fsp3) is 0.370. The molecule has 3 heterocycles. The van der Waals surface area contributed by atoms with Crippen LogP contribution in [0.3, 0.4) is 0 Å². The number of aliphatic hydroxyl groups excluding tert-OH is 1. The van der Waals surface area contributed by atoms with E-state index in [1.807, 2.05) is 45.0 Å². The van der Waals surface area contributed by atoms with Crippen LogP contribution in [-0.4, -0.2) is 69.4 Å². The zero-order valence-corrected chi connectivity index (χ0v) is 21.0. The van der Waals surface area contributed by atoms with Crippen LogP contribution in [0.1, 0.15) is 58.4 Å². The number of hydrogen-bond donors (Lipinski definition) is 2. The number of hydrogen-bond acceptors (Lipinski definition) is 6. The lowest BCUT2D eigenvalue weighted by Gasteiger charge is -2.27. The number of aliphatic hydroxyl groups is 1. The number of rotatable bonds is 9. The molecule has 2 unspecified atom stereocenters. The first-order chi connectivity index (χ1) is 17.3. The molecule has 1 aliphatic heterocycles. The van der Waals surface area contributed by atoms with Crippen molar-refractivity contribution in [2.24, 2.45) is 15.9 Å². The number of carbonyl (C=O) groups is 2. The number of imidazole rings is 1. The summed E-state index contributed by atoms with van der Waals surface area (Å²) >= 11 is 0. The quantitative estimate of drug-likeness (QED) is 0.482. The van der Waals surface area contributed by atoms with Crippen LogP contribution >= 0.6 is 0 Å². The first-order valence-electron chi connectivity index (χ1n) is 12.1. The van der Waals surface area contributed by atoms with E-state index in [2.05, 4.69) is 20.3 Å². The number of aliphatic imine (C=N–C) groups is 2. The van der Waals surface area contributed by atoms with Gasteiger partial charge in [0.1, 0.15) is 11.3 Å². The van der Waals surface area contributed by atoms with Gasteiger partial charge < -0.3 is 15.3 Å². The second-order valence-corrected chi connectivity index (χ2v) is 9.51. The molecule has 4 rings (SSSR count). The van der Waals surface area contributed by atoms with Crippen molar-refractivity contribution in [3.8, 4) is 0 Å². The van der Waals surface area contributed by atoms with Crippen LogP contribution < -0.4 is 5.32 Å². The van der Waals surface area contributed by atoms with Gasteiger partial charge in [0.05, 0.1) is 36.7 Å². The van der Waals surface area contributed by atoms with Gasteiger partial charge in [-0.2, -0.15) is 0 Å². The number of nitrogens with zero attached hydrogens (tertiary/aromatic N) is 5. The van der Waals surface area contributed by atoms with E-state index in [1.165, 1.54) is 6.20 Å². The van der Waals surface area contributed by atoms with E-state index in [9.17, 15) is 14.7 Å². The first kappa shape index (κ1) is 25.2. The Morgan fingerprint density at radius 3 is 2.75 bits per heavy atom. The van der Waals surface area contributed by atoms with Crippen molar-refractivity contribution in [2.75, 3.05) is 20.2 Å². The van der Waals surface area contributed by atoms with Crippen LogP contribution in [0.2, 0.25) is 0 Å². The number of aromatic nitrogens is 2. The van der Waals surface area contributed by atoms with E-state index in [0.29, 0.717) is 35.0 Å². The van der Waals surface area contributed by atoms with E-state index in [4.69, 9.17) is 0 Å². The maximum absolute atomic E-state index is 13.2. The molecule has 0 radical (unpaired) electrons. The average molecular weight is 489 g/mol. The number of fused-ring (bicyclic) bond motifs is 1. The molecule has 188 valence electrons. The molecule has 3 aromatic rings. The van der Waals surface area contributed by atoms with E-state index in [1.54, 1.807) is 40.9 Å². The molecule has 2 atom stereocenters. The van der Waals surface area contributed by atoms with Crippen molar-refractivity contribution in [3.63, 3.8) is 0 Å². The van der Waals surface area contributed by atoms with Crippen molar-refractivity contribution >= 4 is 29.4 Å². The summed E-state index contributed by atoms with van der Waals surface area (Å²) < 4.78 is 1.61. The molecule has 0 aliphatic carbocycles. The molecular weight excluding hydrogens is 456 g/mol. The minimum atomic E-state index is -0.318. The summed E-state index contributed by atoms with van der Waals surface area (Å²) in [6, 6.07) is 11.1. The van der Waals surface area contributed by atoms with Crippen LogP contribution in [0.15, 0.2) is 58.8 Å². The van der Waals surface area contributed by atoms with Crippen LogP contribution in [-0.2, 0) is 0 Å². The number of nitrogens with one attached hydrogen (secondary N) is 1. The summed E-state index contributed by atoms with van der Waals surface area (Å²) in [5, 5.41) is 12.7. The number of carbonyl (C=O) groups excluding carboxylic acids is 2. The van der Waals surface area contributed by atoms with Gasteiger partial charge in [-0.15, -0.1) is 0 Å². The minimum absolute atomic E-state index is 0.122. The molecule has 2 aromatic heterocycles. The largest absolute Gasteiger partial charge is 0.394 e. The molecule has 0 saturated carbocycles. The Morgan fingerprint density at radius 1 is 1.22 bits per heavy atom. The molecule has 0 bridgehead atoms. The first-order valence-corrected chi connectivity index (χ1v) is 12.1. The highest BCUT2D eigenvalue weighted by Gasteiger charge is 2.25. The van der Waals surface area contributed by atoms with Gasteiger partial charge >= 0.3 is 0 Å². The predicted octanol–water partition coefficient (Wildman–Crippen LogP) is 3.08. The van der Waals surface area contributed by atoms with E-state index >= 15 is 0 Å². The van der Waals surface area contributed by atoms with Crippen LogP contribution in [0.4, 0.5) is 0 Å². The lowest BCUT2D eigenvalue weighted by Crippen LogP contribution is -2.40. The second-order valence-electron chi connectivity index (χ2n) is 9.51. The highest BCUT2D eigenvalue weighted by Crippen LogP contribution is 2.23. The van der Waals surface area contributed by atoms with Gasteiger partial charge in [-0.25, -0.2) is 4.98 Å². The summed E-state index contributed by atoms with van der Waals surface area (Å²) in [7, 11) is 1.68. The number of pyridine rings is 1. The number of amides is 2. The number of benzene rings is 1. The summed E-state index contributed by atoms with van der Waals surface area (Å²) in [4.78, 5) is 41.1. The summed E-state index contributed by atoms with van der Waals surface area (Å²) in [6.45, 7) is 6.23. The van der Waals surface area contributed by atoms with Crippen molar-refractivity contribution in [3.05, 3.63) is 71.2 Å². The fourth-order valence-corrected chi connectivity index (χ4v) is 4.32. The van der Waals surface area contributed by atoms with Crippen LogP contribution in [0, 0.1) is 12.8 Å². The zero-order chi connectivity index (χ0) is 25.8. The monoisotopic (exact) mass is 488 g/mol. The van der Waals surface area contributed by atoms with Gasteiger partial charge in [0.25, 0.3) is 11.8 Å². The topological polar surface area (TPSA) is 112 Å². The summed E-state index contributed by atoms with van der Waals surface area (Å²) in [6.07, 6.45) is 5.24. The highest BCUT2D eigenvalue weighted by atomic mass is 16.3. The molecule has 9 nitrogen and oxygen atoms in total. The normalized spacial score (nSPS) is 15.8. The molecular formula is C27H32N6O3. The van der Waals surface area contributed by atoms with Gasteiger partial charge in [0.15, 0.2) is 6.17 Å². The molecule has 0 fully saturated rings. The van der Waals surface area contributed by atoms with Crippen molar-refractivity contribution < 1.29 is 14.7 Å². The van der Waals surface area contributed by atoms with Gasteiger partial charge in [-0.1, -0.05) is 43.7 Å². The van der Waals surface area contributed by atoms with E-state index < -0.39 is 0 Å². The predicted molar refractivity (Wildman–Crippen MR) is 140 cm³/mol. The Labute approximate surface area is 210 Å². The molecule has 0 saturated heterocycles. The third kappa shape index (κ3) is 5.36. The maximum atomic E-state index is 13.2. The second kappa shape index (κ2) is 10.8. The third-order valence-electron chi connectivity index (χ3n) is 6.25. The zero-order valence-electron chi connectivity index (χ0n) is 21.0. The van der Waals surface area contributed by atoms with E-state index in [0.717, 1.165) is 11.1 Å². The molecule has 0 spiro atoms. The standard InChI is InChI=1S/C27H32N6O3/c1-17(2)11-21(16-34)32(4)27(36)23-15-29-25-22(9-6-10-33(23)25)26(35)30-14-20-13-28-24(31-20)19-8-5-7-18(3)12-19/h5-10,12-13,15,17,21,24,34H,11,14,16H2,1-4H3,(H,30,35). The van der Waals surface area contributed by atoms with Crippen LogP contribution in [0.25, 0.3) is 5.65 Å². The Morgan fingerprint density at radius 2 is 2.03 bits per heavy atom. The molecule has 9 heteroatoms. The van der Waals surface area contributed by atoms with Gasteiger partial charge in [0.2, 0.25) is 0 Å². The Balaban J connectivity index is 1.47. The smallest absolute Gasteiger partial charge is 0.272 e. The number of aryl methyl sites for hydroxylation is 1. The highest BCUT2D eigenvalue weighted by molar-refractivity contribution is 6.33. The fourth-order valence-electron chi connectivity index (χ4n) is 4.32. The SMILES string of the molecule is Cc1cccc(C2N=CC(CNC(=O)c3cccn4c(C(=O)N(C)C(CO)CC(C)C)cnc34)=N2)c1. The lowest BCUT2D eigenvalue weighted by molar-refractivity contribution is 0.0623. The van der Waals surface area contributed by atoms with Gasteiger partial charge in [0, 0.05) is 19.5 Å². The maximum Gasteiger partial charge on any atom is 0.272 e. The van der Waals surface area contributed by atoms with Crippen LogP contribution in [0.5, 0.6) is 0 Å². The van der Waals surface area contributed by atoms with Crippen molar-refractivity contribution in [1.29, 1.82) is 0 Å². The Bertz CT molecular complexity index is 1330. The van der Waals surface area contributed by atoms with Crippen molar-refractivity contribution in [1.82, 2.24) is 19.6 Å². The van der Waals surface area contributed by atoms with Gasteiger partial charge in [-0.05, 0) is 37.0 Å². The number of likely N-dealkylation sites (N-methyl/N-ethyl adjacent to an activating group) is 1. The summed E-state index contributed by atoms with van der Waals surface area (Å²) in [5.41, 5.74) is 3.90.